The number of benzene rings is 2. The van der Waals surface area contributed by atoms with Crippen LogP contribution in [-0.2, 0) is 10.0 Å². The number of fused-ring (bicyclic) bond motifs is 3. The molecule has 27 heavy (non-hydrogen) atoms. The van der Waals surface area contributed by atoms with E-state index in [1.807, 2.05) is 24.3 Å². The summed E-state index contributed by atoms with van der Waals surface area (Å²) in [5.74, 6) is 0.613. The van der Waals surface area contributed by atoms with Crippen LogP contribution in [0.5, 0.6) is 5.75 Å². The Morgan fingerprint density at radius 1 is 1.22 bits per heavy atom. The van der Waals surface area contributed by atoms with E-state index < -0.39 is 10.0 Å². The van der Waals surface area contributed by atoms with E-state index in [1.54, 1.807) is 18.2 Å². The van der Waals surface area contributed by atoms with Gasteiger partial charge in [-0.25, -0.2) is 13.1 Å². The van der Waals surface area contributed by atoms with Crippen LogP contribution in [0.25, 0.3) is 0 Å². The number of nitrogens with one attached hydrogen (secondary N) is 2. The minimum absolute atomic E-state index is 0.0277. The predicted molar refractivity (Wildman–Crippen MR) is 106 cm³/mol. The molecule has 3 N–H and O–H groups in total. The Balaban J connectivity index is 1.74. The normalized spacial score (nSPS) is 23.3. The lowest BCUT2D eigenvalue weighted by atomic mass is 9.77. The Morgan fingerprint density at radius 2 is 2.04 bits per heavy atom. The quantitative estimate of drug-likeness (QED) is 0.689. The van der Waals surface area contributed by atoms with Gasteiger partial charge in [0.05, 0.1) is 10.9 Å². The summed E-state index contributed by atoms with van der Waals surface area (Å²) in [6.07, 6.45) is 6.67. The average molecular weight is 382 g/mol. The van der Waals surface area contributed by atoms with E-state index in [-0.39, 0.29) is 35.1 Å². The van der Waals surface area contributed by atoms with E-state index in [0.717, 1.165) is 23.2 Å². The van der Waals surface area contributed by atoms with Crippen molar-refractivity contribution in [1.29, 1.82) is 0 Å². The lowest BCUT2D eigenvalue weighted by molar-refractivity contribution is 0.402. The van der Waals surface area contributed by atoms with Crippen molar-refractivity contribution in [3.63, 3.8) is 0 Å². The summed E-state index contributed by atoms with van der Waals surface area (Å²) in [5.41, 5.74) is 2.74. The highest BCUT2D eigenvalue weighted by atomic mass is 32.2. The Kier molecular flexibility index (Phi) is 4.53. The summed E-state index contributed by atoms with van der Waals surface area (Å²) in [6.45, 7) is 3.74. The summed E-state index contributed by atoms with van der Waals surface area (Å²) in [6, 6.07) is 12.5. The number of sulfonamides is 1. The summed E-state index contributed by atoms with van der Waals surface area (Å²) in [7, 11) is -3.57. The standard InChI is InChI=1S/C21H22N2O3S/c1-2-12-22-27(25,26)14-10-11-19-18(13-14)15-7-5-8-16(15)21(23-19)17-6-3-4-9-20(17)24/h2-7,9-11,13,15-16,21-24H,1,8,12H2. The van der Waals surface area contributed by atoms with Gasteiger partial charge in [-0.15, -0.1) is 6.58 Å². The van der Waals surface area contributed by atoms with Gasteiger partial charge in [0.1, 0.15) is 5.75 Å². The van der Waals surface area contributed by atoms with Gasteiger partial charge < -0.3 is 10.4 Å². The van der Waals surface area contributed by atoms with Gasteiger partial charge in [0, 0.05) is 23.7 Å². The Hall–Kier alpha value is -2.57. The first kappa shape index (κ1) is 17.8. The first-order valence-corrected chi connectivity index (χ1v) is 10.4. The molecule has 0 amide bonds. The average Bonchev–Trinajstić information content (AvgIpc) is 3.16. The van der Waals surface area contributed by atoms with Crippen LogP contribution in [0.4, 0.5) is 5.69 Å². The van der Waals surface area contributed by atoms with Gasteiger partial charge in [-0.2, -0.15) is 0 Å². The molecule has 5 nitrogen and oxygen atoms in total. The highest BCUT2D eigenvalue weighted by Gasteiger charge is 2.39. The second-order valence-electron chi connectivity index (χ2n) is 6.92. The fraction of sp³-hybridized carbons (Fsp3) is 0.238. The van der Waals surface area contributed by atoms with Crippen LogP contribution < -0.4 is 10.0 Å². The first-order chi connectivity index (χ1) is 13.0. The zero-order chi connectivity index (χ0) is 19.0. The van der Waals surface area contributed by atoms with E-state index in [1.165, 1.54) is 6.08 Å². The molecule has 4 rings (SSSR count). The summed E-state index contributed by atoms with van der Waals surface area (Å²) < 4.78 is 27.5. The van der Waals surface area contributed by atoms with Crippen molar-refractivity contribution in [3.05, 3.63) is 78.4 Å². The number of anilines is 1. The topological polar surface area (TPSA) is 78.4 Å². The SMILES string of the molecule is C=CCNS(=O)(=O)c1ccc2c(c1)C1C=CCC1C(c1ccccc1O)N2. The number of hydrogen-bond donors (Lipinski definition) is 3. The molecule has 2 aromatic carbocycles. The molecule has 2 aromatic rings. The second kappa shape index (κ2) is 6.87. The van der Waals surface area contributed by atoms with Crippen molar-refractivity contribution in [2.75, 3.05) is 11.9 Å². The highest BCUT2D eigenvalue weighted by Crippen LogP contribution is 2.51. The maximum atomic E-state index is 12.5. The van der Waals surface area contributed by atoms with E-state index in [2.05, 4.69) is 28.8 Å². The van der Waals surface area contributed by atoms with Crippen LogP contribution >= 0.6 is 0 Å². The van der Waals surface area contributed by atoms with Gasteiger partial charge in [0.15, 0.2) is 0 Å². The molecular formula is C21H22N2O3S. The molecule has 2 aliphatic rings. The molecule has 140 valence electrons. The number of para-hydroxylation sites is 1. The second-order valence-corrected chi connectivity index (χ2v) is 8.69. The number of aromatic hydroxyl groups is 1. The van der Waals surface area contributed by atoms with Crippen molar-refractivity contribution in [1.82, 2.24) is 4.72 Å². The van der Waals surface area contributed by atoms with Crippen LogP contribution in [0.3, 0.4) is 0 Å². The van der Waals surface area contributed by atoms with Gasteiger partial charge in [-0.3, -0.25) is 0 Å². The molecule has 3 unspecified atom stereocenters. The predicted octanol–water partition coefficient (Wildman–Crippen LogP) is 3.68. The maximum absolute atomic E-state index is 12.5. The third-order valence-corrected chi connectivity index (χ3v) is 6.76. The van der Waals surface area contributed by atoms with Gasteiger partial charge in [0.25, 0.3) is 0 Å². The molecule has 1 aliphatic carbocycles. The monoisotopic (exact) mass is 382 g/mol. The van der Waals surface area contributed by atoms with Crippen LogP contribution in [0.15, 0.2) is 72.2 Å². The summed E-state index contributed by atoms with van der Waals surface area (Å²) in [4.78, 5) is 0.255. The highest BCUT2D eigenvalue weighted by molar-refractivity contribution is 7.89. The third-order valence-electron chi connectivity index (χ3n) is 5.33. The van der Waals surface area contributed by atoms with Crippen molar-refractivity contribution in [2.24, 2.45) is 5.92 Å². The van der Waals surface area contributed by atoms with Gasteiger partial charge in [0.2, 0.25) is 10.0 Å². The van der Waals surface area contributed by atoms with Crippen LogP contribution in [0.2, 0.25) is 0 Å². The van der Waals surface area contributed by atoms with E-state index in [4.69, 9.17) is 0 Å². The van der Waals surface area contributed by atoms with Crippen molar-refractivity contribution in [2.45, 2.75) is 23.3 Å². The Labute approximate surface area is 159 Å². The molecule has 0 aromatic heterocycles. The molecule has 3 atom stereocenters. The van der Waals surface area contributed by atoms with E-state index in [9.17, 15) is 13.5 Å². The summed E-state index contributed by atoms with van der Waals surface area (Å²) in [5, 5.41) is 13.8. The smallest absolute Gasteiger partial charge is 0.240 e. The lowest BCUT2D eigenvalue weighted by Crippen LogP contribution is -2.30. The fourth-order valence-electron chi connectivity index (χ4n) is 4.05. The van der Waals surface area contributed by atoms with E-state index >= 15 is 0 Å². The molecule has 0 radical (unpaired) electrons. The molecule has 6 heteroatoms. The van der Waals surface area contributed by atoms with Crippen LogP contribution in [-0.4, -0.2) is 20.1 Å². The van der Waals surface area contributed by atoms with Crippen LogP contribution in [0, 0.1) is 5.92 Å². The van der Waals surface area contributed by atoms with Gasteiger partial charge in [-0.1, -0.05) is 36.4 Å². The zero-order valence-corrected chi connectivity index (χ0v) is 15.6. The minimum Gasteiger partial charge on any atom is -0.508 e. The maximum Gasteiger partial charge on any atom is 0.240 e. The largest absolute Gasteiger partial charge is 0.508 e. The zero-order valence-electron chi connectivity index (χ0n) is 14.8. The van der Waals surface area contributed by atoms with Crippen molar-refractivity contribution >= 4 is 15.7 Å². The lowest BCUT2D eigenvalue weighted by Gasteiger charge is -2.37. The number of phenolic OH excluding ortho intramolecular Hbond substituents is 1. The molecule has 0 saturated heterocycles. The number of rotatable bonds is 5. The van der Waals surface area contributed by atoms with Crippen molar-refractivity contribution in [3.8, 4) is 5.75 Å². The molecule has 1 aliphatic heterocycles. The van der Waals surface area contributed by atoms with Crippen molar-refractivity contribution < 1.29 is 13.5 Å². The molecule has 0 spiro atoms. The Morgan fingerprint density at radius 3 is 2.81 bits per heavy atom. The number of phenols is 1. The molecule has 0 saturated carbocycles. The molecule has 0 fully saturated rings. The van der Waals surface area contributed by atoms with Gasteiger partial charge in [-0.05, 0) is 42.2 Å². The molecule has 1 heterocycles. The van der Waals surface area contributed by atoms with E-state index in [0.29, 0.717) is 0 Å². The van der Waals surface area contributed by atoms with Gasteiger partial charge >= 0.3 is 0 Å². The minimum atomic E-state index is -3.57. The number of allylic oxidation sites excluding steroid dienone is 2. The molecular weight excluding hydrogens is 360 g/mol. The Bertz CT molecular complexity index is 1010. The third kappa shape index (κ3) is 3.15. The number of hydrogen-bond acceptors (Lipinski definition) is 4. The fourth-order valence-corrected chi connectivity index (χ4v) is 5.08. The van der Waals surface area contributed by atoms with Crippen LogP contribution in [0.1, 0.15) is 29.5 Å². The molecule has 0 bridgehead atoms. The first-order valence-electron chi connectivity index (χ1n) is 8.97. The summed E-state index contributed by atoms with van der Waals surface area (Å²) >= 11 is 0.